The highest BCUT2D eigenvalue weighted by molar-refractivity contribution is 7.80. The summed E-state index contributed by atoms with van der Waals surface area (Å²) in [5.41, 5.74) is 4.56. The molecule has 2 N–H and O–H groups in total. The van der Waals surface area contributed by atoms with Crippen molar-refractivity contribution in [2.75, 3.05) is 19.0 Å². The van der Waals surface area contributed by atoms with Gasteiger partial charge in [-0.05, 0) is 61.1 Å². The molecule has 2 aromatic carbocycles. The van der Waals surface area contributed by atoms with Crippen LogP contribution in [0.15, 0.2) is 53.6 Å². The SMILES string of the molecule is CCOc1ccc(/C=N\NC(=S)Nc2cccc(OC)c2)cc1. The van der Waals surface area contributed by atoms with Crippen molar-refractivity contribution in [3.05, 3.63) is 54.1 Å². The van der Waals surface area contributed by atoms with Gasteiger partial charge < -0.3 is 14.8 Å². The molecule has 0 bridgehead atoms. The highest BCUT2D eigenvalue weighted by Crippen LogP contribution is 2.16. The number of hydrogen-bond acceptors (Lipinski definition) is 4. The number of methoxy groups -OCH3 is 1. The summed E-state index contributed by atoms with van der Waals surface area (Å²) in [4.78, 5) is 0. The van der Waals surface area contributed by atoms with Crippen LogP contribution in [0.3, 0.4) is 0 Å². The van der Waals surface area contributed by atoms with Gasteiger partial charge in [0.15, 0.2) is 5.11 Å². The molecule has 23 heavy (non-hydrogen) atoms. The van der Waals surface area contributed by atoms with Crippen LogP contribution >= 0.6 is 12.2 Å². The van der Waals surface area contributed by atoms with Crippen molar-refractivity contribution >= 4 is 29.2 Å². The fourth-order valence-corrected chi connectivity index (χ4v) is 2.01. The summed E-state index contributed by atoms with van der Waals surface area (Å²) in [5, 5.41) is 7.54. The Morgan fingerprint density at radius 1 is 1.17 bits per heavy atom. The molecule has 0 heterocycles. The van der Waals surface area contributed by atoms with Gasteiger partial charge in [0.1, 0.15) is 11.5 Å². The second kappa shape index (κ2) is 8.75. The van der Waals surface area contributed by atoms with Gasteiger partial charge in [0, 0.05) is 11.8 Å². The monoisotopic (exact) mass is 329 g/mol. The van der Waals surface area contributed by atoms with E-state index in [0.29, 0.717) is 11.7 Å². The summed E-state index contributed by atoms with van der Waals surface area (Å²) in [6.45, 7) is 2.61. The van der Waals surface area contributed by atoms with E-state index in [1.54, 1.807) is 13.3 Å². The predicted molar refractivity (Wildman–Crippen MR) is 97.6 cm³/mol. The highest BCUT2D eigenvalue weighted by Gasteiger charge is 1.98. The molecular weight excluding hydrogens is 310 g/mol. The fraction of sp³-hybridized carbons (Fsp3) is 0.176. The molecular formula is C17H19N3O2S. The molecule has 0 fully saturated rings. The normalized spacial score (nSPS) is 10.3. The molecule has 0 unspecified atom stereocenters. The second-order valence-corrected chi connectivity index (χ2v) is 4.97. The lowest BCUT2D eigenvalue weighted by Crippen LogP contribution is -2.23. The standard InChI is InChI=1S/C17H19N3O2S/c1-3-22-15-9-7-13(8-10-15)12-18-20-17(23)19-14-5-4-6-16(11-14)21-2/h4-12H,3H2,1-2H3,(H2,19,20,23)/b18-12-. The number of hydrogen-bond donors (Lipinski definition) is 2. The first-order valence-electron chi connectivity index (χ1n) is 7.18. The van der Waals surface area contributed by atoms with Crippen LogP contribution in [-0.2, 0) is 0 Å². The molecule has 120 valence electrons. The van der Waals surface area contributed by atoms with E-state index in [1.807, 2.05) is 55.5 Å². The average molecular weight is 329 g/mol. The van der Waals surface area contributed by atoms with Crippen LogP contribution in [0.4, 0.5) is 5.69 Å². The lowest BCUT2D eigenvalue weighted by Gasteiger charge is -2.08. The maximum atomic E-state index is 5.39. The van der Waals surface area contributed by atoms with E-state index in [-0.39, 0.29) is 0 Å². The van der Waals surface area contributed by atoms with Crippen LogP contribution in [-0.4, -0.2) is 25.0 Å². The van der Waals surface area contributed by atoms with Gasteiger partial charge in [0.2, 0.25) is 0 Å². The van der Waals surface area contributed by atoms with Crippen LogP contribution in [0, 0.1) is 0 Å². The van der Waals surface area contributed by atoms with Crippen molar-refractivity contribution in [1.29, 1.82) is 0 Å². The van der Waals surface area contributed by atoms with Crippen LogP contribution < -0.4 is 20.2 Å². The van der Waals surface area contributed by atoms with E-state index in [0.717, 1.165) is 22.7 Å². The van der Waals surface area contributed by atoms with Gasteiger partial charge in [-0.1, -0.05) is 6.07 Å². The number of benzene rings is 2. The first-order valence-corrected chi connectivity index (χ1v) is 7.59. The molecule has 0 atom stereocenters. The molecule has 0 spiro atoms. The average Bonchev–Trinajstić information content (AvgIpc) is 2.57. The lowest BCUT2D eigenvalue weighted by molar-refractivity contribution is 0.340. The van der Waals surface area contributed by atoms with Gasteiger partial charge >= 0.3 is 0 Å². The topological polar surface area (TPSA) is 54.9 Å². The van der Waals surface area contributed by atoms with Gasteiger partial charge in [-0.3, -0.25) is 5.43 Å². The summed E-state index contributed by atoms with van der Waals surface area (Å²) in [6.07, 6.45) is 1.69. The Bertz CT molecular complexity index is 672. The fourth-order valence-electron chi connectivity index (χ4n) is 1.84. The zero-order chi connectivity index (χ0) is 16.5. The van der Waals surface area contributed by atoms with Crippen molar-refractivity contribution in [1.82, 2.24) is 5.43 Å². The number of rotatable bonds is 6. The van der Waals surface area contributed by atoms with E-state index in [4.69, 9.17) is 21.7 Å². The van der Waals surface area contributed by atoms with Gasteiger partial charge in [-0.2, -0.15) is 5.10 Å². The number of anilines is 1. The Labute approximate surface area is 141 Å². The predicted octanol–water partition coefficient (Wildman–Crippen LogP) is 3.41. The van der Waals surface area contributed by atoms with Gasteiger partial charge in [0.05, 0.1) is 19.9 Å². The Morgan fingerprint density at radius 2 is 1.96 bits per heavy atom. The van der Waals surface area contributed by atoms with E-state index in [9.17, 15) is 0 Å². The number of ether oxygens (including phenoxy) is 2. The van der Waals surface area contributed by atoms with Crippen molar-refractivity contribution in [2.45, 2.75) is 6.92 Å². The van der Waals surface area contributed by atoms with Crippen LogP contribution in [0.5, 0.6) is 11.5 Å². The third kappa shape index (κ3) is 5.60. The van der Waals surface area contributed by atoms with Crippen molar-refractivity contribution < 1.29 is 9.47 Å². The first kappa shape index (κ1) is 16.8. The van der Waals surface area contributed by atoms with Gasteiger partial charge in [0.25, 0.3) is 0 Å². The molecule has 0 radical (unpaired) electrons. The van der Waals surface area contributed by atoms with Crippen molar-refractivity contribution in [3.8, 4) is 11.5 Å². The molecule has 0 aromatic heterocycles. The Kier molecular flexibility index (Phi) is 6.38. The zero-order valence-corrected chi connectivity index (χ0v) is 13.9. The first-order chi connectivity index (χ1) is 11.2. The Morgan fingerprint density at radius 3 is 2.65 bits per heavy atom. The summed E-state index contributed by atoms with van der Waals surface area (Å²) >= 11 is 5.19. The maximum absolute atomic E-state index is 5.39. The van der Waals surface area contributed by atoms with E-state index in [2.05, 4.69) is 15.8 Å². The number of nitrogens with one attached hydrogen (secondary N) is 2. The molecule has 0 aliphatic heterocycles. The molecule has 5 nitrogen and oxygen atoms in total. The van der Waals surface area contributed by atoms with Crippen LogP contribution in [0.2, 0.25) is 0 Å². The van der Waals surface area contributed by atoms with Gasteiger partial charge in [-0.25, -0.2) is 0 Å². The molecule has 0 saturated heterocycles. The largest absolute Gasteiger partial charge is 0.497 e. The number of nitrogens with zero attached hydrogens (tertiary/aromatic N) is 1. The van der Waals surface area contributed by atoms with Gasteiger partial charge in [-0.15, -0.1) is 0 Å². The molecule has 0 aliphatic rings. The number of hydrazone groups is 1. The minimum atomic E-state index is 0.403. The highest BCUT2D eigenvalue weighted by atomic mass is 32.1. The summed E-state index contributed by atoms with van der Waals surface area (Å²) < 4.78 is 10.5. The summed E-state index contributed by atoms with van der Waals surface area (Å²) in [5.74, 6) is 1.60. The second-order valence-electron chi connectivity index (χ2n) is 4.56. The van der Waals surface area contributed by atoms with Crippen molar-refractivity contribution in [2.24, 2.45) is 5.10 Å². The lowest BCUT2D eigenvalue weighted by atomic mass is 10.2. The van der Waals surface area contributed by atoms with E-state index >= 15 is 0 Å². The smallest absolute Gasteiger partial charge is 0.191 e. The third-order valence-electron chi connectivity index (χ3n) is 2.90. The Balaban J connectivity index is 1.85. The summed E-state index contributed by atoms with van der Waals surface area (Å²) in [7, 11) is 1.62. The number of thiocarbonyl (C=S) groups is 1. The quantitative estimate of drug-likeness (QED) is 0.483. The molecule has 0 aliphatic carbocycles. The minimum Gasteiger partial charge on any atom is -0.497 e. The summed E-state index contributed by atoms with van der Waals surface area (Å²) in [6, 6.07) is 15.1. The van der Waals surface area contributed by atoms with E-state index < -0.39 is 0 Å². The molecule has 0 amide bonds. The van der Waals surface area contributed by atoms with E-state index in [1.165, 1.54) is 0 Å². The molecule has 0 saturated carbocycles. The third-order valence-corrected chi connectivity index (χ3v) is 3.09. The Hall–Kier alpha value is -2.60. The molecule has 2 aromatic rings. The van der Waals surface area contributed by atoms with Crippen LogP contribution in [0.1, 0.15) is 12.5 Å². The van der Waals surface area contributed by atoms with Crippen LogP contribution in [0.25, 0.3) is 0 Å². The molecule has 2 rings (SSSR count). The zero-order valence-electron chi connectivity index (χ0n) is 13.1. The van der Waals surface area contributed by atoms with Crippen molar-refractivity contribution in [3.63, 3.8) is 0 Å². The molecule has 6 heteroatoms. The maximum Gasteiger partial charge on any atom is 0.191 e. The minimum absolute atomic E-state index is 0.403.